The average Bonchev–Trinajstić information content (AvgIpc) is 2.56. The molecular formula is C22H44. The van der Waals surface area contributed by atoms with Crippen LogP contribution in [0.5, 0.6) is 0 Å². The third-order valence-corrected chi connectivity index (χ3v) is 6.72. The van der Waals surface area contributed by atoms with Gasteiger partial charge >= 0.3 is 0 Å². The Morgan fingerprint density at radius 1 is 0.500 bits per heavy atom. The van der Waals surface area contributed by atoms with Crippen LogP contribution in [0.2, 0.25) is 0 Å². The second kappa shape index (κ2) is 10.7. The Labute approximate surface area is 141 Å². The van der Waals surface area contributed by atoms with Crippen LogP contribution in [0.4, 0.5) is 0 Å². The molecule has 0 heteroatoms. The molecule has 1 aliphatic carbocycles. The third kappa shape index (κ3) is 5.00. The number of hydrogen-bond donors (Lipinski definition) is 0. The highest BCUT2D eigenvalue weighted by atomic mass is 14.5. The van der Waals surface area contributed by atoms with Crippen molar-refractivity contribution in [1.82, 2.24) is 0 Å². The predicted molar refractivity (Wildman–Crippen MR) is 101 cm³/mol. The third-order valence-electron chi connectivity index (χ3n) is 6.72. The number of unbranched alkanes of at least 4 members (excludes halogenated alkanes) is 4. The monoisotopic (exact) mass is 308 g/mol. The summed E-state index contributed by atoms with van der Waals surface area (Å²) < 4.78 is 0. The molecule has 0 saturated heterocycles. The first-order valence-electron chi connectivity index (χ1n) is 10.7. The molecule has 1 rings (SSSR count). The molecular weight excluding hydrogens is 264 g/mol. The summed E-state index contributed by atoms with van der Waals surface area (Å²) in [5.41, 5.74) is 1.39. The van der Waals surface area contributed by atoms with Gasteiger partial charge in [-0.05, 0) is 49.4 Å². The van der Waals surface area contributed by atoms with Gasteiger partial charge in [0.15, 0.2) is 0 Å². The van der Waals surface area contributed by atoms with E-state index in [1.165, 1.54) is 89.9 Å². The SMILES string of the molecule is CCCCC1(CCCC)CCCCC1(CCCC)CCCC. The van der Waals surface area contributed by atoms with E-state index in [1.807, 2.05) is 0 Å². The summed E-state index contributed by atoms with van der Waals surface area (Å²) in [7, 11) is 0. The van der Waals surface area contributed by atoms with Gasteiger partial charge in [-0.25, -0.2) is 0 Å². The lowest BCUT2D eigenvalue weighted by Crippen LogP contribution is -2.45. The second-order valence-corrected chi connectivity index (χ2v) is 8.18. The van der Waals surface area contributed by atoms with Crippen molar-refractivity contribution in [3.05, 3.63) is 0 Å². The van der Waals surface area contributed by atoms with Gasteiger partial charge in [-0.15, -0.1) is 0 Å². The van der Waals surface area contributed by atoms with Gasteiger partial charge in [-0.2, -0.15) is 0 Å². The summed E-state index contributed by atoms with van der Waals surface area (Å²) in [6.07, 6.45) is 23.6. The van der Waals surface area contributed by atoms with Gasteiger partial charge in [0, 0.05) is 0 Å². The zero-order valence-corrected chi connectivity index (χ0v) is 16.3. The van der Waals surface area contributed by atoms with E-state index in [4.69, 9.17) is 0 Å². The molecule has 1 aliphatic rings. The standard InChI is InChI=1S/C22H44/c1-5-9-15-21(16-10-6-2)19-13-14-20-22(21,17-11-7-3)18-12-8-4/h5-20H2,1-4H3. The quantitative estimate of drug-likeness (QED) is 0.340. The summed E-state index contributed by atoms with van der Waals surface area (Å²) in [5, 5.41) is 0. The van der Waals surface area contributed by atoms with Crippen LogP contribution in [0.25, 0.3) is 0 Å². The molecule has 0 unspecified atom stereocenters. The van der Waals surface area contributed by atoms with Crippen LogP contribution in [-0.4, -0.2) is 0 Å². The summed E-state index contributed by atoms with van der Waals surface area (Å²) in [4.78, 5) is 0. The molecule has 0 N–H and O–H groups in total. The molecule has 0 spiro atoms. The van der Waals surface area contributed by atoms with Crippen LogP contribution in [0.1, 0.15) is 130 Å². The summed E-state index contributed by atoms with van der Waals surface area (Å²) in [5.74, 6) is 0. The Kier molecular flexibility index (Phi) is 9.76. The van der Waals surface area contributed by atoms with E-state index in [0.717, 1.165) is 0 Å². The molecule has 0 radical (unpaired) electrons. The predicted octanol–water partition coefficient (Wildman–Crippen LogP) is 8.29. The van der Waals surface area contributed by atoms with Crippen LogP contribution >= 0.6 is 0 Å². The average molecular weight is 309 g/mol. The van der Waals surface area contributed by atoms with Crippen LogP contribution in [0.15, 0.2) is 0 Å². The molecule has 1 fully saturated rings. The van der Waals surface area contributed by atoms with Crippen molar-refractivity contribution in [1.29, 1.82) is 0 Å². The van der Waals surface area contributed by atoms with Gasteiger partial charge in [0.1, 0.15) is 0 Å². The zero-order chi connectivity index (χ0) is 16.3. The Hall–Kier alpha value is 0. The first-order valence-corrected chi connectivity index (χ1v) is 10.7. The maximum atomic E-state index is 2.39. The second-order valence-electron chi connectivity index (χ2n) is 8.18. The summed E-state index contributed by atoms with van der Waals surface area (Å²) in [6.45, 7) is 9.54. The van der Waals surface area contributed by atoms with E-state index in [1.54, 1.807) is 12.8 Å². The molecule has 0 aromatic heterocycles. The summed E-state index contributed by atoms with van der Waals surface area (Å²) in [6, 6.07) is 0. The van der Waals surface area contributed by atoms with Gasteiger partial charge in [0.2, 0.25) is 0 Å². The van der Waals surface area contributed by atoms with Crippen molar-refractivity contribution >= 4 is 0 Å². The van der Waals surface area contributed by atoms with E-state index in [2.05, 4.69) is 27.7 Å². The maximum absolute atomic E-state index is 2.39. The van der Waals surface area contributed by atoms with Crippen molar-refractivity contribution in [3.63, 3.8) is 0 Å². The molecule has 0 aliphatic heterocycles. The largest absolute Gasteiger partial charge is 0.0654 e. The molecule has 0 atom stereocenters. The van der Waals surface area contributed by atoms with Crippen molar-refractivity contribution < 1.29 is 0 Å². The van der Waals surface area contributed by atoms with Gasteiger partial charge in [0.25, 0.3) is 0 Å². The van der Waals surface area contributed by atoms with Crippen molar-refractivity contribution in [2.24, 2.45) is 10.8 Å². The minimum atomic E-state index is 0.696. The zero-order valence-electron chi connectivity index (χ0n) is 16.3. The molecule has 1 saturated carbocycles. The lowest BCUT2D eigenvalue weighted by molar-refractivity contribution is -0.0509. The maximum Gasteiger partial charge on any atom is -0.0241 e. The van der Waals surface area contributed by atoms with E-state index in [-0.39, 0.29) is 0 Å². The minimum Gasteiger partial charge on any atom is -0.0654 e. The highest BCUT2D eigenvalue weighted by Crippen LogP contribution is 2.61. The van der Waals surface area contributed by atoms with Gasteiger partial charge in [0.05, 0.1) is 0 Å². The molecule has 0 heterocycles. The number of rotatable bonds is 12. The van der Waals surface area contributed by atoms with E-state index >= 15 is 0 Å². The van der Waals surface area contributed by atoms with Gasteiger partial charge < -0.3 is 0 Å². The fourth-order valence-corrected chi connectivity index (χ4v) is 5.33. The first-order chi connectivity index (χ1) is 10.7. The van der Waals surface area contributed by atoms with Crippen molar-refractivity contribution in [2.75, 3.05) is 0 Å². The highest BCUT2D eigenvalue weighted by molar-refractivity contribution is 5.00. The smallest absolute Gasteiger partial charge is 0.0241 e. The van der Waals surface area contributed by atoms with Crippen LogP contribution in [0.3, 0.4) is 0 Å². The van der Waals surface area contributed by atoms with E-state index in [0.29, 0.717) is 10.8 Å². The molecule has 0 bridgehead atoms. The summed E-state index contributed by atoms with van der Waals surface area (Å²) >= 11 is 0. The molecule has 0 nitrogen and oxygen atoms in total. The fraction of sp³-hybridized carbons (Fsp3) is 1.00. The Morgan fingerprint density at radius 2 is 0.773 bits per heavy atom. The van der Waals surface area contributed by atoms with Crippen LogP contribution < -0.4 is 0 Å². The minimum absolute atomic E-state index is 0.696. The Bertz CT molecular complexity index is 221. The lowest BCUT2D eigenvalue weighted by Gasteiger charge is -2.56. The fourth-order valence-electron chi connectivity index (χ4n) is 5.33. The lowest BCUT2D eigenvalue weighted by atomic mass is 9.49. The normalized spacial score (nSPS) is 20.2. The van der Waals surface area contributed by atoms with Crippen molar-refractivity contribution in [3.8, 4) is 0 Å². The van der Waals surface area contributed by atoms with Gasteiger partial charge in [-0.1, -0.05) is 91.9 Å². The molecule has 0 aromatic rings. The van der Waals surface area contributed by atoms with E-state index < -0.39 is 0 Å². The van der Waals surface area contributed by atoms with Crippen LogP contribution in [0, 0.1) is 10.8 Å². The van der Waals surface area contributed by atoms with Crippen molar-refractivity contribution in [2.45, 2.75) is 130 Å². The first kappa shape index (κ1) is 20.0. The Morgan fingerprint density at radius 3 is 1.00 bits per heavy atom. The van der Waals surface area contributed by atoms with Crippen LogP contribution in [-0.2, 0) is 0 Å². The molecule has 132 valence electrons. The van der Waals surface area contributed by atoms with Gasteiger partial charge in [-0.3, -0.25) is 0 Å². The highest BCUT2D eigenvalue weighted by Gasteiger charge is 2.49. The van der Waals surface area contributed by atoms with E-state index in [9.17, 15) is 0 Å². The molecule has 0 aromatic carbocycles. The Balaban J connectivity index is 3.03. The molecule has 22 heavy (non-hydrogen) atoms. The molecule has 0 amide bonds. The number of hydrogen-bond acceptors (Lipinski definition) is 0. The topological polar surface area (TPSA) is 0 Å².